The summed E-state index contributed by atoms with van der Waals surface area (Å²) >= 11 is 0. The Bertz CT molecular complexity index is 604. The van der Waals surface area contributed by atoms with Gasteiger partial charge in [0.1, 0.15) is 5.82 Å². The van der Waals surface area contributed by atoms with Crippen molar-refractivity contribution in [1.82, 2.24) is 4.90 Å². The van der Waals surface area contributed by atoms with Crippen LogP contribution in [-0.4, -0.2) is 31.1 Å². The third-order valence-electron chi connectivity index (χ3n) is 4.09. The smallest absolute Gasteiger partial charge is 0.127 e. The summed E-state index contributed by atoms with van der Waals surface area (Å²) in [4.78, 5) is 4.73. The fraction of sp³-hybridized carbons (Fsp3) is 0.333. The number of rotatable bonds is 3. The van der Waals surface area contributed by atoms with Crippen molar-refractivity contribution in [2.75, 3.05) is 31.1 Å². The van der Waals surface area contributed by atoms with Crippen LogP contribution in [0.1, 0.15) is 11.1 Å². The summed E-state index contributed by atoms with van der Waals surface area (Å²) in [7, 11) is 0. The highest BCUT2D eigenvalue weighted by molar-refractivity contribution is 5.48. The van der Waals surface area contributed by atoms with Crippen LogP contribution in [0, 0.1) is 12.7 Å². The molecule has 0 bridgehead atoms. The fourth-order valence-corrected chi connectivity index (χ4v) is 2.86. The molecule has 0 saturated carbocycles. The van der Waals surface area contributed by atoms with Crippen molar-refractivity contribution in [2.24, 2.45) is 0 Å². The summed E-state index contributed by atoms with van der Waals surface area (Å²) < 4.78 is 13.7. The van der Waals surface area contributed by atoms with Crippen molar-refractivity contribution >= 4 is 5.69 Å². The van der Waals surface area contributed by atoms with E-state index in [2.05, 4.69) is 41.0 Å². The van der Waals surface area contributed by atoms with Crippen molar-refractivity contribution in [2.45, 2.75) is 13.5 Å². The first-order chi connectivity index (χ1) is 10.2. The highest BCUT2D eigenvalue weighted by atomic mass is 19.1. The summed E-state index contributed by atoms with van der Waals surface area (Å²) in [6, 6.07) is 15.7. The van der Waals surface area contributed by atoms with E-state index < -0.39 is 0 Å². The lowest BCUT2D eigenvalue weighted by Gasteiger charge is -2.36. The molecule has 1 heterocycles. The zero-order chi connectivity index (χ0) is 14.7. The molecule has 1 aliphatic heterocycles. The van der Waals surface area contributed by atoms with Gasteiger partial charge < -0.3 is 4.90 Å². The minimum absolute atomic E-state index is 0.0985. The van der Waals surface area contributed by atoms with Crippen LogP contribution in [0.4, 0.5) is 10.1 Å². The van der Waals surface area contributed by atoms with Gasteiger partial charge in [-0.2, -0.15) is 0 Å². The van der Waals surface area contributed by atoms with E-state index in [-0.39, 0.29) is 5.82 Å². The Morgan fingerprint density at radius 2 is 1.71 bits per heavy atom. The Hall–Kier alpha value is -1.87. The normalized spacial score (nSPS) is 16.2. The molecule has 0 spiro atoms. The van der Waals surface area contributed by atoms with Crippen LogP contribution in [-0.2, 0) is 6.54 Å². The summed E-state index contributed by atoms with van der Waals surface area (Å²) in [6.07, 6.45) is 0. The molecule has 1 saturated heterocycles. The van der Waals surface area contributed by atoms with Crippen LogP contribution in [0.25, 0.3) is 0 Å². The van der Waals surface area contributed by atoms with Crippen molar-refractivity contribution in [3.05, 3.63) is 65.5 Å². The molecule has 21 heavy (non-hydrogen) atoms. The number of anilines is 1. The molecule has 2 aromatic carbocycles. The second-order valence-electron chi connectivity index (χ2n) is 5.69. The predicted molar refractivity (Wildman–Crippen MR) is 85.1 cm³/mol. The number of hydrogen-bond acceptors (Lipinski definition) is 2. The van der Waals surface area contributed by atoms with Gasteiger partial charge in [0.2, 0.25) is 0 Å². The van der Waals surface area contributed by atoms with E-state index in [9.17, 15) is 4.39 Å². The second kappa shape index (κ2) is 6.27. The number of piperazine rings is 1. The Morgan fingerprint density at radius 1 is 0.952 bits per heavy atom. The molecule has 0 atom stereocenters. The van der Waals surface area contributed by atoms with Gasteiger partial charge in [0.15, 0.2) is 0 Å². The van der Waals surface area contributed by atoms with E-state index in [1.54, 1.807) is 12.1 Å². The molecule has 0 aromatic heterocycles. The van der Waals surface area contributed by atoms with Crippen molar-refractivity contribution in [3.63, 3.8) is 0 Å². The molecule has 1 fully saturated rings. The van der Waals surface area contributed by atoms with Crippen LogP contribution in [0.5, 0.6) is 0 Å². The third-order valence-corrected chi connectivity index (χ3v) is 4.09. The molecule has 0 radical (unpaired) electrons. The average Bonchev–Trinajstić information content (AvgIpc) is 2.50. The van der Waals surface area contributed by atoms with Gasteiger partial charge >= 0.3 is 0 Å². The molecule has 1 aliphatic rings. The SMILES string of the molecule is Cc1cccc(N2CCN(Cc3ccccc3F)CC2)c1. The number of hydrogen-bond donors (Lipinski definition) is 0. The highest BCUT2D eigenvalue weighted by Crippen LogP contribution is 2.19. The number of benzene rings is 2. The Labute approximate surface area is 125 Å². The predicted octanol–water partition coefficient (Wildman–Crippen LogP) is 3.46. The first kappa shape index (κ1) is 14.1. The number of aryl methyl sites for hydroxylation is 1. The minimum atomic E-state index is -0.0985. The molecule has 0 amide bonds. The van der Waals surface area contributed by atoms with E-state index in [1.165, 1.54) is 11.3 Å². The van der Waals surface area contributed by atoms with Crippen molar-refractivity contribution < 1.29 is 4.39 Å². The van der Waals surface area contributed by atoms with Crippen molar-refractivity contribution in [3.8, 4) is 0 Å². The second-order valence-corrected chi connectivity index (χ2v) is 5.69. The maximum atomic E-state index is 13.7. The van der Waals surface area contributed by atoms with E-state index in [0.29, 0.717) is 6.54 Å². The van der Waals surface area contributed by atoms with Crippen LogP contribution in [0.3, 0.4) is 0 Å². The fourth-order valence-electron chi connectivity index (χ4n) is 2.86. The Balaban J connectivity index is 1.59. The molecule has 110 valence electrons. The summed E-state index contributed by atoms with van der Waals surface area (Å²) in [5.74, 6) is -0.0985. The third kappa shape index (κ3) is 3.42. The Morgan fingerprint density at radius 3 is 2.43 bits per heavy atom. The van der Waals surface area contributed by atoms with Gasteiger partial charge in [-0.3, -0.25) is 4.90 Å². The molecular weight excluding hydrogens is 263 g/mol. The van der Waals surface area contributed by atoms with Crippen molar-refractivity contribution in [1.29, 1.82) is 0 Å². The van der Waals surface area contributed by atoms with E-state index in [0.717, 1.165) is 31.7 Å². The standard InChI is InChI=1S/C18H21FN2/c1-15-5-4-7-17(13-15)21-11-9-20(10-12-21)14-16-6-2-3-8-18(16)19/h2-8,13H,9-12,14H2,1H3. The first-order valence-corrected chi connectivity index (χ1v) is 7.50. The van der Waals surface area contributed by atoms with Gasteiger partial charge in [-0.1, -0.05) is 30.3 Å². The lowest BCUT2D eigenvalue weighted by molar-refractivity contribution is 0.246. The lowest BCUT2D eigenvalue weighted by atomic mass is 10.1. The monoisotopic (exact) mass is 284 g/mol. The maximum Gasteiger partial charge on any atom is 0.127 e. The van der Waals surface area contributed by atoms with Gasteiger partial charge in [-0.15, -0.1) is 0 Å². The summed E-state index contributed by atoms with van der Waals surface area (Å²) in [6.45, 7) is 6.77. The van der Waals surface area contributed by atoms with E-state index in [1.807, 2.05) is 12.1 Å². The van der Waals surface area contributed by atoms with E-state index in [4.69, 9.17) is 0 Å². The van der Waals surface area contributed by atoms with Gasteiger partial charge in [0.05, 0.1) is 0 Å². The van der Waals surface area contributed by atoms with Crippen LogP contribution in [0.15, 0.2) is 48.5 Å². The first-order valence-electron chi connectivity index (χ1n) is 7.50. The van der Waals surface area contributed by atoms with Crippen LogP contribution >= 0.6 is 0 Å². The largest absolute Gasteiger partial charge is 0.369 e. The van der Waals surface area contributed by atoms with E-state index >= 15 is 0 Å². The van der Waals surface area contributed by atoms with Gasteiger partial charge in [-0.25, -0.2) is 4.39 Å². The zero-order valence-electron chi connectivity index (χ0n) is 12.4. The van der Waals surface area contributed by atoms with Gasteiger partial charge in [0.25, 0.3) is 0 Å². The minimum Gasteiger partial charge on any atom is -0.369 e. The lowest BCUT2D eigenvalue weighted by Crippen LogP contribution is -2.46. The molecule has 2 nitrogen and oxygen atoms in total. The zero-order valence-corrected chi connectivity index (χ0v) is 12.4. The average molecular weight is 284 g/mol. The number of nitrogens with zero attached hydrogens (tertiary/aromatic N) is 2. The summed E-state index contributed by atoms with van der Waals surface area (Å²) in [5.41, 5.74) is 3.38. The molecule has 0 aliphatic carbocycles. The van der Waals surface area contributed by atoms with Gasteiger partial charge in [-0.05, 0) is 30.7 Å². The molecule has 3 heteroatoms. The quantitative estimate of drug-likeness (QED) is 0.851. The molecule has 0 N–H and O–H groups in total. The molecule has 2 aromatic rings. The topological polar surface area (TPSA) is 6.48 Å². The highest BCUT2D eigenvalue weighted by Gasteiger charge is 2.18. The Kier molecular flexibility index (Phi) is 4.20. The maximum absolute atomic E-state index is 13.7. The van der Waals surface area contributed by atoms with Crippen LogP contribution < -0.4 is 4.90 Å². The summed E-state index contributed by atoms with van der Waals surface area (Å²) in [5, 5.41) is 0. The van der Waals surface area contributed by atoms with Crippen LogP contribution in [0.2, 0.25) is 0 Å². The number of halogens is 1. The molecular formula is C18H21FN2. The molecule has 0 unspecified atom stereocenters. The van der Waals surface area contributed by atoms with Gasteiger partial charge in [0, 0.05) is 44.0 Å². The molecule has 3 rings (SSSR count).